The van der Waals surface area contributed by atoms with E-state index in [4.69, 9.17) is 9.78 Å². The summed E-state index contributed by atoms with van der Waals surface area (Å²) in [6, 6.07) is 0. The van der Waals surface area contributed by atoms with Gasteiger partial charge in [0.15, 0.2) is 11.4 Å². The number of ketones is 1. The molecule has 3 nitrogen and oxygen atoms in total. The lowest BCUT2D eigenvalue weighted by atomic mass is 9.43. The van der Waals surface area contributed by atoms with Crippen LogP contribution in [0.1, 0.15) is 46.0 Å². The van der Waals surface area contributed by atoms with Crippen LogP contribution < -0.4 is 0 Å². The van der Waals surface area contributed by atoms with Gasteiger partial charge in [0.05, 0.1) is 6.61 Å². The monoisotopic (exact) mass is 224 g/mol. The second kappa shape index (κ2) is 3.30. The highest BCUT2D eigenvalue weighted by Crippen LogP contribution is 2.63. The molecule has 1 aliphatic heterocycles. The molecule has 1 spiro atoms. The Hall–Kier alpha value is -0.410. The third kappa shape index (κ3) is 1.19. The molecule has 0 amide bonds. The second-order valence-corrected chi connectivity index (χ2v) is 6.19. The van der Waals surface area contributed by atoms with E-state index in [1.807, 2.05) is 0 Å². The summed E-state index contributed by atoms with van der Waals surface area (Å²) in [4.78, 5) is 23.1. The zero-order valence-electron chi connectivity index (χ0n) is 10.1. The average molecular weight is 224 g/mol. The van der Waals surface area contributed by atoms with Crippen molar-refractivity contribution in [1.82, 2.24) is 0 Å². The van der Waals surface area contributed by atoms with Crippen molar-refractivity contribution in [3.05, 3.63) is 0 Å². The molecule has 3 atom stereocenters. The standard InChI is InChI=1S/C13H20O3/c1-12(2)9-7-10(12)13(11(14)8-9)5-3-4-6-15-16-13/h9-10H,3-8H2,1-2H3/t9?,10?,13-/m1/s1. The van der Waals surface area contributed by atoms with Crippen LogP contribution in [0.25, 0.3) is 0 Å². The minimum Gasteiger partial charge on any atom is -0.296 e. The lowest BCUT2D eigenvalue weighted by molar-refractivity contribution is -0.379. The van der Waals surface area contributed by atoms with Crippen LogP contribution in [0.4, 0.5) is 0 Å². The highest BCUT2D eigenvalue weighted by Gasteiger charge is 2.66. The van der Waals surface area contributed by atoms with E-state index in [1.54, 1.807) is 0 Å². The Kier molecular flexibility index (Phi) is 2.21. The van der Waals surface area contributed by atoms with Crippen molar-refractivity contribution in [3.63, 3.8) is 0 Å². The summed E-state index contributed by atoms with van der Waals surface area (Å²) in [5.41, 5.74) is -0.351. The fourth-order valence-corrected chi connectivity index (χ4v) is 3.90. The maximum Gasteiger partial charge on any atom is 0.168 e. The summed E-state index contributed by atoms with van der Waals surface area (Å²) in [5, 5.41) is 0. The molecule has 1 heterocycles. The SMILES string of the molecule is CC1(C)C2CC(=O)[C@@]3(CCCCOO3)C1C2. The summed E-state index contributed by atoms with van der Waals surface area (Å²) in [6.45, 7) is 5.17. The Bertz CT molecular complexity index is 313. The zero-order chi connectivity index (χ0) is 11.4. The largest absolute Gasteiger partial charge is 0.296 e. The van der Waals surface area contributed by atoms with E-state index in [1.165, 1.54) is 0 Å². The van der Waals surface area contributed by atoms with Crippen molar-refractivity contribution in [1.29, 1.82) is 0 Å². The van der Waals surface area contributed by atoms with E-state index >= 15 is 0 Å². The molecule has 2 unspecified atom stereocenters. The predicted octanol–water partition coefficient (Wildman–Crippen LogP) is 2.49. The van der Waals surface area contributed by atoms with E-state index in [2.05, 4.69) is 13.8 Å². The van der Waals surface area contributed by atoms with Crippen LogP contribution in [0.15, 0.2) is 0 Å². The molecule has 3 aliphatic carbocycles. The molecule has 1 saturated heterocycles. The van der Waals surface area contributed by atoms with Crippen LogP contribution >= 0.6 is 0 Å². The smallest absolute Gasteiger partial charge is 0.168 e. The maximum absolute atomic E-state index is 12.2. The van der Waals surface area contributed by atoms with Crippen LogP contribution in [0.3, 0.4) is 0 Å². The van der Waals surface area contributed by atoms with Crippen LogP contribution in [-0.2, 0) is 14.6 Å². The van der Waals surface area contributed by atoms with Gasteiger partial charge >= 0.3 is 0 Å². The lowest BCUT2D eigenvalue weighted by Gasteiger charge is -2.62. The van der Waals surface area contributed by atoms with E-state index < -0.39 is 5.60 Å². The number of rotatable bonds is 0. The molecule has 2 bridgehead atoms. The third-order valence-corrected chi connectivity index (χ3v) is 5.17. The van der Waals surface area contributed by atoms with Gasteiger partial charge in [-0.3, -0.25) is 4.79 Å². The molecule has 90 valence electrons. The van der Waals surface area contributed by atoms with Gasteiger partial charge in [0.25, 0.3) is 0 Å². The number of hydrogen-bond acceptors (Lipinski definition) is 3. The Morgan fingerprint density at radius 1 is 1.31 bits per heavy atom. The Labute approximate surface area is 96.4 Å². The summed E-state index contributed by atoms with van der Waals surface area (Å²) in [7, 11) is 0. The van der Waals surface area contributed by atoms with Crippen LogP contribution in [0.2, 0.25) is 0 Å². The lowest BCUT2D eigenvalue weighted by Crippen LogP contribution is -2.66. The van der Waals surface area contributed by atoms with Gasteiger partial charge in [-0.15, -0.1) is 0 Å². The first-order valence-electron chi connectivity index (χ1n) is 6.41. The molecule has 0 aromatic carbocycles. The van der Waals surface area contributed by atoms with E-state index in [0.717, 1.165) is 25.7 Å². The molecule has 3 saturated carbocycles. The first-order valence-corrected chi connectivity index (χ1v) is 6.41. The van der Waals surface area contributed by atoms with Gasteiger partial charge in [0.1, 0.15) is 0 Å². The predicted molar refractivity (Wildman–Crippen MR) is 58.6 cm³/mol. The van der Waals surface area contributed by atoms with Crippen LogP contribution in [0, 0.1) is 17.3 Å². The third-order valence-electron chi connectivity index (χ3n) is 5.17. The quantitative estimate of drug-likeness (QED) is 0.593. The molecule has 0 aromatic heterocycles. The topological polar surface area (TPSA) is 35.5 Å². The first-order chi connectivity index (χ1) is 7.57. The van der Waals surface area contributed by atoms with Crippen molar-refractivity contribution < 1.29 is 14.6 Å². The Morgan fingerprint density at radius 3 is 2.88 bits per heavy atom. The molecular formula is C13H20O3. The van der Waals surface area contributed by atoms with Crippen LogP contribution in [0.5, 0.6) is 0 Å². The first kappa shape index (κ1) is 10.7. The maximum atomic E-state index is 12.2. The molecule has 0 aromatic rings. The fourth-order valence-electron chi connectivity index (χ4n) is 3.90. The number of carbonyl (C=O) groups is 1. The van der Waals surface area contributed by atoms with Gasteiger partial charge in [0.2, 0.25) is 0 Å². The highest BCUT2D eigenvalue weighted by atomic mass is 17.2. The second-order valence-electron chi connectivity index (χ2n) is 6.19. The number of hydrogen-bond donors (Lipinski definition) is 0. The van der Waals surface area contributed by atoms with Gasteiger partial charge in [-0.2, -0.15) is 0 Å². The van der Waals surface area contributed by atoms with Crippen molar-refractivity contribution in [2.24, 2.45) is 17.3 Å². The van der Waals surface area contributed by atoms with Crippen molar-refractivity contribution in [2.75, 3.05) is 6.61 Å². The molecule has 0 N–H and O–H groups in total. The molecule has 4 aliphatic rings. The highest BCUT2D eigenvalue weighted by molar-refractivity contribution is 5.90. The van der Waals surface area contributed by atoms with E-state index in [0.29, 0.717) is 24.9 Å². The normalized spacial score (nSPS) is 46.2. The Balaban J connectivity index is 1.93. The number of Topliss-reactive ketones (excluding diaryl/α,β-unsaturated/α-hetero) is 1. The van der Waals surface area contributed by atoms with Gasteiger partial charge in [-0.1, -0.05) is 13.8 Å². The molecular weight excluding hydrogens is 204 g/mol. The van der Waals surface area contributed by atoms with Gasteiger partial charge < -0.3 is 0 Å². The number of fused-ring (bicyclic) bond motifs is 1. The summed E-state index contributed by atoms with van der Waals surface area (Å²) < 4.78 is 0. The van der Waals surface area contributed by atoms with Gasteiger partial charge in [-0.05, 0) is 37.0 Å². The summed E-state index contributed by atoms with van der Waals surface area (Å²) in [6.07, 6.45) is 4.73. The molecule has 4 fully saturated rings. The molecule has 4 rings (SSSR count). The zero-order valence-corrected chi connectivity index (χ0v) is 10.1. The van der Waals surface area contributed by atoms with Gasteiger partial charge in [0, 0.05) is 12.3 Å². The molecule has 16 heavy (non-hydrogen) atoms. The van der Waals surface area contributed by atoms with Crippen molar-refractivity contribution >= 4 is 5.78 Å². The average Bonchev–Trinajstić information content (AvgIpc) is 2.48. The minimum atomic E-state index is -0.602. The molecule has 0 radical (unpaired) electrons. The van der Waals surface area contributed by atoms with Crippen molar-refractivity contribution in [2.45, 2.75) is 51.6 Å². The fraction of sp³-hybridized carbons (Fsp3) is 0.923. The van der Waals surface area contributed by atoms with E-state index in [-0.39, 0.29) is 11.2 Å². The van der Waals surface area contributed by atoms with Crippen LogP contribution in [-0.4, -0.2) is 18.0 Å². The summed E-state index contributed by atoms with van der Waals surface area (Å²) >= 11 is 0. The van der Waals surface area contributed by atoms with Gasteiger partial charge in [-0.25, -0.2) is 9.78 Å². The molecule has 3 heteroatoms. The summed E-state index contributed by atoms with van der Waals surface area (Å²) in [5.74, 6) is 1.22. The van der Waals surface area contributed by atoms with E-state index in [9.17, 15) is 4.79 Å². The number of carbonyl (C=O) groups excluding carboxylic acids is 1. The minimum absolute atomic E-state index is 0.252. The van der Waals surface area contributed by atoms with Crippen molar-refractivity contribution in [3.8, 4) is 0 Å². The Morgan fingerprint density at radius 2 is 2.12 bits per heavy atom.